The third-order valence-electron chi connectivity index (χ3n) is 4.78. The van der Waals surface area contributed by atoms with Crippen LogP contribution < -0.4 is 5.32 Å². The molecule has 0 aliphatic carbocycles. The van der Waals surface area contributed by atoms with Crippen LogP contribution in [-0.4, -0.2) is 30.5 Å². The second-order valence-corrected chi connectivity index (χ2v) is 6.95. The fourth-order valence-electron chi connectivity index (χ4n) is 3.22. The predicted octanol–water partition coefficient (Wildman–Crippen LogP) is 4.00. The van der Waals surface area contributed by atoms with E-state index in [1.54, 1.807) is 36.8 Å². The minimum atomic E-state index is -4.48. The van der Waals surface area contributed by atoms with Gasteiger partial charge in [0.25, 0.3) is 5.78 Å². The molecule has 0 unspecified atom stereocenters. The van der Waals surface area contributed by atoms with Crippen molar-refractivity contribution >= 4 is 17.4 Å². The second-order valence-electron chi connectivity index (χ2n) is 6.95. The van der Waals surface area contributed by atoms with Gasteiger partial charge in [-0.05, 0) is 44.2 Å². The first-order chi connectivity index (χ1) is 14.7. The number of nitrogens with zero attached hydrogens (tertiary/aromatic N) is 5. The summed E-state index contributed by atoms with van der Waals surface area (Å²) in [5.74, 6) is 0.379. The third kappa shape index (κ3) is 4.23. The molecule has 0 saturated carbocycles. The van der Waals surface area contributed by atoms with Crippen LogP contribution >= 0.6 is 0 Å². The molecule has 0 saturated heterocycles. The average Bonchev–Trinajstić information content (AvgIpc) is 3.15. The summed E-state index contributed by atoms with van der Waals surface area (Å²) < 4.78 is 40.2. The summed E-state index contributed by atoms with van der Waals surface area (Å²) in [6, 6.07) is 8.11. The molecular weight excluding hydrogens is 409 g/mol. The van der Waals surface area contributed by atoms with E-state index in [1.807, 2.05) is 6.07 Å². The maximum Gasteiger partial charge on any atom is 0.416 e. The van der Waals surface area contributed by atoms with Gasteiger partial charge in [-0.15, -0.1) is 5.10 Å². The number of aryl methyl sites for hydroxylation is 2. The van der Waals surface area contributed by atoms with Crippen molar-refractivity contribution < 1.29 is 18.0 Å². The van der Waals surface area contributed by atoms with Crippen molar-refractivity contribution in [3.63, 3.8) is 0 Å². The molecule has 1 aromatic carbocycles. The molecule has 0 aliphatic heterocycles. The number of nitrogens with one attached hydrogen (secondary N) is 1. The van der Waals surface area contributed by atoms with Crippen LogP contribution in [0.3, 0.4) is 0 Å². The fraction of sp³-hybridized carbons (Fsp3) is 0.190. The zero-order chi connectivity index (χ0) is 22.2. The zero-order valence-electron chi connectivity index (χ0n) is 16.6. The van der Waals surface area contributed by atoms with Crippen LogP contribution in [0.15, 0.2) is 48.8 Å². The van der Waals surface area contributed by atoms with E-state index in [0.717, 1.165) is 17.7 Å². The largest absolute Gasteiger partial charge is 0.416 e. The van der Waals surface area contributed by atoms with Crippen LogP contribution in [0.1, 0.15) is 22.5 Å². The highest BCUT2D eigenvalue weighted by atomic mass is 19.4. The minimum absolute atomic E-state index is 0.0705. The summed E-state index contributed by atoms with van der Waals surface area (Å²) in [6.45, 7) is 3.54. The summed E-state index contributed by atoms with van der Waals surface area (Å²) >= 11 is 0. The number of alkyl halides is 3. The number of halogens is 3. The van der Waals surface area contributed by atoms with Crippen molar-refractivity contribution in [3.8, 4) is 11.4 Å². The van der Waals surface area contributed by atoms with Crippen LogP contribution in [0.5, 0.6) is 0 Å². The molecular formula is C21H17F3N6O. The second kappa shape index (κ2) is 7.78. The lowest BCUT2D eigenvalue weighted by atomic mass is 10.1. The molecule has 1 amide bonds. The first-order valence-corrected chi connectivity index (χ1v) is 9.33. The van der Waals surface area contributed by atoms with Gasteiger partial charge in [-0.25, -0.2) is 9.50 Å². The number of hydrogen-bond acceptors (Lipinski definition) is 5. The van der Waals surface area contributed by atoms with E-state index in [4.69, 9.17) is 0 Å². The lowest BCUT2D eigenvalue weighted by Crippen LogP contribution is -2.18. The molecule has 0 spiro atoms. The molecule has 0 bridgehead atoms. The predicted molar refractivity (Wildman–Crippen MR) is 107 cm³/mol. The quantitative estimate of drug-likeness (QED) is 0.533. The molecule has 158 valence electrons. The zero-order valence-corrected chi connectivity index (χ0v) is 16.6. The molecule has 31 heavy (non-hydrogen) atoms. The highest BCUT2D eigenvalue weighted by molar-refractivity contribution is 5.92. The van der Waals surface area contributed by atoms with E-state index in [1.165, 1.54) is 12.1 Å². The number of fused-ring (bicyclic) bond motifs is 1. The van der Waals surface area contributed by atoms with Gasteiger partial charge in [-0.3, -0.25) is 9.78 Å². The van der Waals surface area contributed by atoms with Crippen LogP contribution in [0.4, 0.5) is 18.9 Å². The number of rotatable bonds is 4. The smallest absolute Gasteiger partial charge is 0.326 e. The van der Waals surface area contributed by atoms with E-state index >= 15 is 0 Å². The molecule has 0 radical (unpaired) electrons. The molecule has 4 aromatic rings. The summed E-state index contributed by atoms with van der Waals surface area (Å²) in [6.07, 6.45) is -1.27. The molecule has 0 atom stereocenters. The van der Waals surface area contributed by atoms with Gasteiger partial charge in [0.15, 0.2) is 5.82 Å². The van der Waals surface area contributed by atoms with Crippen molar-refractivity contribution in [1.29, 1.82) is 0 Å². The lowest BCUT2D eigenvalue weighted by molar-refractivity contribution is -0.137. The van der Waals surface area contributed by atoms with Gasteiger partial charge in [0.1, 0.15) is 0 Å². The number of pyridine rings is 1. The normalized spacial score (nSPS) is 11.6. The molecule has 7 nitrogen and oxygen atoms in total. The van der Waals surface area contributed by atoms with Gasteiger partial charge >= 0.3 is 6.18 Å². The van der Waals surface area contributed by atoms with Crippen molar-refractivity contribution in [2.45, 2.75) is 26.4 Å². The SMILES string of the molecule is Cc1nc2nc(-c3cccnc3)nn2c(C)c1CC(=O)Nc1cccc(C(F)(F)F)c1. The summed E-state index contributed by atoms with van der Waals surface area (Å²) in [5.41, 5.74) is 1.86. The van der Waals surface area contributed by atoms with Crippen LogP contribution in [0.2, 0.25) is 0 Å². The molecule has 0 fully saturated rings. The highest BCUT2D eigenvalue weighted by Gasteiger charge is 2.30. The molecule has 10 heteroatoms. The Morgan fingerprint density at radius 2 is 1.94 bits per heavy atom. The Balaban J connectivity index is 1.60. The van der Waals surface area contributed by atoms with Crippen molar-refractivity contribution in [2.75, 3.05) is 5.32 Å². The lowest BCUT2D eigenvalue weighted by Gasteiger charge is -2.12. The topological polar surface area (TPSA) is 85.1 Å². The van der Waals surface area contributed by atoms with E-state index in [2.05, 4.69) is 25.4 Å². The van der Waals surface area contributed by atoms with Gasteiger partial charge in [-0.2, -0.15) is 18.2 Å². The Morgan fingerprint density at radius 3 is 2.65 bits per heavy atom. The number of carbonyl (C=O) groups excluding carboxylic acids is 1. The summed E-state index contributed by atoms with van der Waals surface area (Å²) in [4.78, 5) is 25.4. The number of benzene rings is 1. The van der Waals surface area contributed by atoms with E-state index in [9.17, 15) is 18.0 Å². The van der Waals surface area contributed by atoms with E-state index < -0.39 is 17.6 Å². The Morgan fingerprint density at radius 1 is 1.13 bits per heavy atom. The monoisotopic (exact) mass is 426 g/mol. The van der Waals surface area contributed by atoms with Crippen molar-refractivity contribution in [2.24, 2.45) is 0 Å². The number of carbonyl (C=O) groups is 1. The van der Waals surface area contributed by atoms with Gasteiger partial charge in [0.2, 0.25) is 5.91 Å². The standard InChI is InChI=1S/C21H17F3N6O/c1-12-17(10-18(31)27-16-7-3-6-15(9-16)21(22,23)24)13(2)30-20(26-12)28-19(29-30)14-5-4-8-25-11-14/h3-9,11H,10H2,1-2H3,(H,27,31). The average molecular weight is 426 g/mol. The summed E-state index contributed by atoms with van der Waals surface area (Å²) in [7, 11) is 0. The summed E-state index contributed by atoms with van der Waals surface area (Å²) in [5, 5.41) is 6.98. The van der Waals surface area contributed by atoms with Gasteiger partial charge in [0.05, 0.1) is 12.0 Å². The number of hydrogen-bond donors (Lipinski definition) is 1. The molecule has 3 aromatic heterocycles. The van der Waals surface area contributed by atoms with Crippen LogP contribution in [-0.2, 0) is 17.4 Å². The highest BCUT2D eigenvalue weighted by Crippen LogP contribution is 2.30. The van der Waals surface area contributed by atoms with E-state index in [0.29, 0.717) is 28.6 Å². The fourth-order valence-corrected chi connectivity index (χ4v) is 3.22. The maximum atomic E-state index is 12.9. The number of amides is 1. The minimum Gasteiger partial charge on any atom is -0.326 e. The molecule has 3 heterocycles. The Kier molecular flexibility index (Phi) is 5.14. The van der Waals surface area contributed by atoms with Gasteiger partial charge in [0, 0.05) is 40.6 Å². The molecule has 1 N–H and O–H groups in total. The molecule has 4 rings (SSSR count). The Labute approximate surface area is 175 Å². The number of aromatic nitrogens is 5. The maximum absolute atomic E-state index is 12.9. The number of anilines is 1. The van der Waals surface area contributed by atoms with Crippen LogP contribution in [0.25, 0.3) is 17.2 Å². The van der Waals surface area contributed by atoms with Crippen molar-refractivity contribution in [1.82, 2.24) is 24.6 Å². The Bertz CT molecular complexity index is 1270. The first-order valence-electron chi connectivity index (χ1n) is 9.33. The Hall–Kier alpha value is -3.82. The van der Waals surface area contributed by atoms with Gasteiger partial charge in [-0.1, -0.05) is 6.07 Å². The third-order valence-corrected chi connectivity index (χ3v) is 4.78. The van der Waals surface area contributed by atoms with E-state index in [-0.39, 0.29) is 12.1 Å². The van der Waals surface area contributed by atoms with Crippen LogP contribution in [0, 0.1) is 13.8 Å². The molecule has 0 aliphatic rings. The van der Waals surface area contributed by atoms with Crippen molar-refractivity contribution in [3.05, 3.63) is 71.3 Å². The van der Waals surface area contributed by atoms with Gasteiger partial charge < -0.3 is 5.32 Å². The first kappa shape index (κ1) is 20.5.